The van der Waals surface area contributed by atoms with E-state index >= 15 is 0 Å². The van der Waals surface area contributed by atoms with E-state index in [0.29, 0.717) is 0 Å². The molecule has 9 nitrogen and oxygen atoms in total. The second-order valence-corrected chi connectivity index (χ2v) is 10.5. The largest absolute Gasteiger partial charge is 0.271 e. The Kier molecular flexibility index (Phi) is 7.02. The first kappa shape index (κ1) is 25.6. The third-order valence-electron chi connectivity index (χ3n) is 6.14. The summed E-state index contributed by atoms with van der Waals surface area (Å²) in [6.45, 7) is -0.647. The number of carbonyl (C=O) groups excluding carboxylic acids is 1. The lowest BCUT2D eigenvalue weighted by molar-refractivity contribution is -0.384. The lowest BCUT2D eigenvalue weighted by Gasteiger charge is -2.23. The van der Waals surface area contributed by atoms with Crippen molar-refractivity contribution in [3.8, 4) is 0 Å². The third-order valence-corrected chi connectivity index (χ3v) is 7.93. The lowest BCUT2D eigenvalue weighted by atomic mass is 9.97. The fourth-order valence-electron chi connectivity index (χ4n) is 4.32. The minimum atomic E-state index is -4.23. The topological polar surface area (TPSA) is 122 Å². The van der Waals surface area contributed by atoms with Gasteiger partial charge in [0.2, 0.25) is 0 Å². The van der Waals surface area contributed by atoms with E-state index in [1.54, 1.807) is 18.2 Å². The van der Waals surface area contributed by atoms with Gasteiger partial charge in [-0.05, 0) is 45.8 Å². The normalized spacial score (nSPS) is 11.6. The number of sulfonamides is 1. The van der Waals surface area contributed by atoms with Crippen molar-refractivity contribution >= 4 is 55.1 Å². The first-order chi connectivity index (χ1) is 18.8. The van der Waals surface area contributed by atoms with E-state index in [4.69, 9.17) is 0 Å². The number of amides is 1. The van der Waals surface area contributed by atoms with E-state index in [9.17, 15) is 23.3 Å². The predicted octanol–water partition coefficient (Wildman–Crippen LogP) is 5.25. The number of non-ortho nitro benzene ring substituents is 1. The van der Waals surface area contributed by atoms with Crippen molar-refractivity contribution in [3.63, 3.8) is 0 Å². The maximum Gasteiger partial charge on any atom is 0.271 e. The van der Waals surface area contributed by atoms with E-state index < -0.39 is 27.4 Å². The monoisotopic (exact) mass is 538 g/mol. The van der Waals surface area contributed by atoms with Crippen LogP contribution in [0.25, 0.3) is 21.5 Å². The highest BCUT2D eigenvalue weighted by Gasteiger charge is 2.28. The number of benzene rings is 5. The van der Waals surface area contributed by atoms with Crippen LogP contribution in [0.15, 0.2) is 119 Å². The molecule has 0 aliphatic heterocycles. The second kappa shape index (κ2) is 10.7. The number of nitrogens with zero attached hydrogens (tertiary/aromatic N) is 3. The van der Waals surface area contributed by atoms with Gasteiger partial charge in [-0.3, -0.25) is 19.2 Å². The molecule has 0 atom stereocenters. The third kappa shape index (κ3) is 5.32. The molecular weight excluding hydrogens is 516 g/mol. The first-order valence-electron chi connectivity index (χ1n) is 11.9. The molecule has 0 bridgehead atoms. The van der Waals surface area contributed by atoms with Crippen LogP contribution in [0.3, 0.4) is 0 Å². The molecule has 5 aromatic rings. The van der Waals surface area contributed by atoms with Crippen LogP contribution in [0.5, 0.6) is 0 Å². The van der Waals surface area contributed by atoms with Gasteiger partial charge in [0.25, 0.3) is 21.6 Å². The van der Waals surface area contributed by atoms with Crippen molar-refractivity contribution in [3.05, 3.63) is 125 Å². The number of nitro benzene ring substituents is 1. The summed E-state index contributed by atoms with van der Waals surface area (Å²) in [6.07, 6.45) is 1.53. The van der Waals surface area contributed by atoms with Crippen molar-refractivity contribution in [1.82, 2.24) is 5.43 Å². The minimum Gasteiger partial charge on any atom is -0.271 e. The standard InChI is InChI=1S/C29H22N4O5S/c34-29(31-30-19-28-26-15-6-4-9-21(26)17-22-10-5-7-16-27(22)28)20-32(23-11-8-12-24(18-23)33(35)36)39(37,38)25-13-2-1-3-14-25/h1-19H,20H2,(H,31,34)/b30-19+. The number of hydrazone groups is 1. The van der Waals surface area contributed by atoms with Gasteiger partial charge in [-0.15, -0.1) is 0 Å². The second-order valence-electron chi connectivity index (χ2n) is 8.63. The van der Waals surface area contributed by atoms with Gasteiger partial charge < -0.3 is 0 Å². The Labute approximate surface area is 224 Å². The number of hydrogen-bond acceptors (Lipinski definition) is 6. The molecule has 0 saturated heterocycles. The molecule has 0 radical (unpaired) electrons. The van der Waals surface area contributed by atoms with Gasteiger partial charge in [0.05, 0.1) is 21.7 Å². The molecule has 39 heavy (non-hydrogen) atoms. The zero-order chi connectivity index (χ0) is 27.4. The average molecular weight is 539 g/mol. The van der Waals surface area contributed by atoms with Gasteiger partial charge in [0.15, 0.2) is 0 Å². The highest BCUT2D eigenvalue weighted by atomic mass is 32.2. The molecular formula is C29H22N4O5S. The summed E-state index contributed by atoms with van der Waals surface area (Å²) in [5, 5.41) is 19.4. The molecule has 10 heteroatoms. The van der Waals surface area contributed by atoms with Crippen LogP contribution in [-0.2, 0) is 14.8 Å². The van der Waals surface area contributed by atoms with E-state index in [2.05, 4.69) is 16.6 Å². The summed E-state index contributed by atoms with van der Waals surface area (Å²) < 4.78 is 27.8. The number of rotatable bonds is 8. The van der Waals surface area contributed by atoms with Crippen molar-refractivity contribution in [2.75, 3.05) is 10.8 Å². The maximum atomic E-state index is 13.5. The molecule has 0 heterocycles. The van der Waals surface area contributed by atoms with E-state index in [0.717, 1.165) is 37.5 Å². The Hall–Kier alpha value is -5.09. The van der Waals surface area contributed by atoms with E-state index in [1.165, 1.54) is 36.5 Å². The van der Waals surface area contributed by atoms with Gasteiger partial charge >= 0.3 is 0 Å². The molecule has 194 valence electrons. The summed E-state index contributed by atoms with van der Waals surface area (Å²) in [5.41, 5.74) is 2.89. The molecule has 5 rings (SSSR count). The predicted molar refractivity (Wildman–Crippen MR) is 151 cm³/mol. The molecule has 5 aromatic carbocycles. The average Bonchev–Trinajstić information content (AvgIpc) is 2.96. The van der Waals surface area contributed by atoms with Gasteiger partial charge in [-0.25, -0.2) is 13.8 Å². The molecule has 0 spiro atoms. The van der Waals surface area contributed by atoms with Crippen molar-refractivity contribution in [2.45, 2.75) is 4.90 Å². The summed E-state index contributed by atoms with van der Waals surface area (Å²) >= 11 is 0. The molecule has 0 saturated carbocycles. The van der Waals surface area contributed by atoms with Gasteiger partial charge in [-0.1, -0.05) is 72.8 Å². The molecule has 0 fully saturated rings. The highest BCUT2D eigenvalue weighted by Crippen LogP contribution is 2.28. The van der Waals surface area contributed by atoms with Gasteiger partial charge in [-0.2, -0.15) is 5.10 Å². The van der Waals surface area contributed by atoms with Gasteiger partial charge in [0.1, 0.15) is 6.54 Å². The molecule has 1 N–H and O–H groups in total. The van der Waals surface area contributed by atoms with Crippen LogP contribution < -0.4 is 9.73 Å². The van der Waals surface area contributed by atoms with Crippen LogP contribution >= 0.6 is 0 Å². The van der Waals surface area contributed by atoms with E-state index in [-0.39, 0.29) is 16.3 Å². The fourth-order valence-corrected chi connectivity index (χ4v) is 5.75. The first-order valence-corrected chi connectivity index (χ1v) is 13.3. The molecule has 1 amide bonds. The highest BCUT2D eigenvalue weighted by molar-refractivity contribution is 7.92. The Morgan fingerprint density at radius 1 is 0.846 bits per heavy atom. The molecule has 0 aliphatic rings. The molecule has 0 aliphatic carbocycles. The van der Waals surface area contributed by atoms with Crippen LogP contribution in [-0.4, -0.2) is 32.0 Å². The lowest BCUT2D eigenvalue weighted by Crippen LogP contribution is -2.39. The van der Waals surface area contributed by atoms with Crippen molar-refractivity contribution < 1.29 is 18.1 Å². The summed E-state index contributed by atoms with van der Waals surface area (Å²) in [7, 11) is -4.23. The Morgan fingerprint density at radius 2 is 1.46 bits per heavy atom. The summed E-state index contributed by atoms with van der Waals surface area (Å²) in [6, 6.07) is 30.3. The Morgan fingerprint density at radius 3 is 2.10 bits per heavy atom. The number of fused-ring (bicyclic) bond motifs is 2. The fraction of sp³-hybridized carbons (Fsp3) is 0.0345. The summed E-state index contributed by atoms with van der Waals surface area (Å²) in [4.78, 5) is 23.6. The number of carbonyl (C=O) groups is 1. The van der Waals surface area contributed by atoms with Crippen molar-refractivity contribution in [2.24, 2.45) is 5.10 Å². The van der Waals surface area contributed by atoms with Crippen LogP contribution in [0.4, 0.5) is 11.4 Å². The van der Waals surface area contributed by atoms with Crippen LogP contribution in [0.2, 0.25) is 0 Å². The minimum absolute atomic E-state index is 0.0211. The van der Waals surface area contributed by atoms with Gasteiger partial charge in [0, 0.05) is 17.7 Å². The number of anilines is 1. The van der Waals surface area contributed by atoms with E-state index in [1.807, 2.05) is 48.5 Å². The molecule has 0 aromatic heterocycles. The number of nitrogens with one attached hydrogen (secondary N) is 1. The Bertz CT molecular complexity index is 1790. The van der Waals surface area contributed by atoms with Crippen LogP contribution in [0, 0.1) is 10.1 Å². The number of nitro groups is 1. The zero-order valence-corrected chi connectivity index (χ0v) is 21.3. The summed E-state index contributed by atoms with van der Waals surface area (Å²) in [5.74, 6) is -0.721. The van der Waals surface area contributed by atoms with Crippen LogP contribution in [0.1, 0.15) is 5.56 Å². The quantitative estimate of drug-likeness (QED) is 0.125. The number of hydrogen-bond donors (Lipinski definition) is 1. The molecule has 0 unspecified atom stereocenters. The van der Waals surface area contributed by atoms with Crippen molar-refractivity contribution in [1.29, 1.82) is 0 Å². The zero-order valence-electron chi connectivity index (χ0n) is 20.5. The Balaban J connectivity index is 1.46. The smallest absolute Gasteiger partial charge is 0.271 e. The maximum absolute atomic E-state index is 13.5. The SMILES string of the molecule is O=C(CN(c1cccc([N+](=O)[O-])c1)S(=O)(=O)c1ccccc1)N/N=C/c1c2ccccc2cc2ccccc12.